The number of allylic oxidation sites excluding steroid dienone is 4. The summed E-state index contributed by atoms with van der Waals surface area (Å²) < 4.78 is 25.8. The van der Waals surface area contributed by atoms with Gasteiger partial charge in [-0.2, -0.15) is 0 Å². The Morgan fingerprint density at radius 3 is 2.26 bits per heavy atom. The second-order valence-corrected chi connectivity index (χ2v) is 9.72. The van der Waals surface area contributed by atoms with Crippen LogP contribution in [0.15, 0.2) is 24.3 Å². The molecule has 0 spiro atoms. The van der Waals surface area contributed by atoms with E-state index in [2.05, 4.69) is 41.1 Å². The molecule has 0 saturated heterocycles. The fourth-order valence-corrected chi connectivity index (χ4v) is 3.66. The van der Waals surface area contributed by atoms with Gasteiger partial charge < -0.3 is 20.1 Å². The summed E-state index contributed by atoms with van der Waals surface area (Å²) in [6.07, 6.45) is 19.2. The molecule has 0 rings (SSSR count). The summed E-state index contributed by atoms with van der Waals surface area (Å²) in [5.41, 5.74) is 0. The van der Waals surface area contributed by atoms with Crippen LogP contribution in [0.25, 0.3) is 0 Å². The van der Waals surface area contributed by atoms with Gasteiger partial charge in [0.25, 0.3) is 0 Å². The molecule has 0 aliphatic rings. The first kappa shape index (κ1) is 33.5. The zero-order valence-corrected chi connectivity index (χ0v) is 22.4. The molecule has 0 aromatic rings. The Kier molecular flexibility index (Phi) is 21.9. The quantitative estimate of drug-likeness (QED) is 0.0746. The molecule has 0 radical (unpaired) electrons. The summed E-state index contributed by atoms with van der Waals surface area (Å²) in [6, 6.07) is 0. The highest BCUT2D eigenvalue weighted by Gasteiger charge is 2.23. The van der Waals surface area contributed by atoms with Gasteiger partial charge in [-0.05, 0) is 32.1 Å². The van der Waals surface area contributed by atoms with Crippen LogP contribution in [0.2, 0.25) is 0 Å². The fourth-order valence-electron chi connectivity index (χ4n) is 2.90. The van der Waals surface area contributed by atoms with Crippen LogP contribution < -0.4 is 5.32 Å². The van der Waals surface area contributed by atoms with E-state index in [1.54, 1.807) is 6.92 Å². The second-order valence-electron chi connectivity index (χ2n) is 8.27. The van der Waals surface area contributed by atoms with Crippen LogP contribution in [0, 0.1) is 0 Å². The van der Waals surface area contributed by atoms with Crippen LogP contribution in [-0.4, -0.2) is 54.3 Å². The van der Waals surface area contributed by atoms with Crippen molar-refractivity contribution < 1.29 is 37.9 Å². The molecule has 2 atom stereocenters. The van der Waals surface area contributed by atoms with Crippen molar-refractivity contribution in [3.05, 3.63) is 24.3 Å². The molecule has 0 heterocycles. The first-order valence-corrected chi connectivity index (χ1v) is 14.3. The molecule has 0 bridgehead atoms. The van der Waals surface area contributed by atoms with Gasteiger partial charge >= 0.3 is 13.8 Å². The van der Waals surface area contributed by atoms with E-state index >= 15 is 0 Å². The van der Waals surface area contributed by atoms with Crippen molar-refractivity contribution in [3.63, 3.8) is 0 Å². The molecule has 0 saturated carbocycles. The number of amides is 1. The number of ether oxygens (including phenoxy) is 1. The maximum absolute atomic E-state index is 11.8. The largest absolute Gasteiger partial charge is 0.472 e. The maximum atomic E-state index is 11.8. The number of hydrogen-bond donors (Lipinski definition) is 3. The monoisotopic (exact) mass is 519 g/mol. The Labute approximate surface area is 210 Å². The van der Waals surface area contributed by atoms with Crippen LogP contribution in [0.4, 0.5) is 0 Å². The molecular formula is C25H46NO8P. The minimum atomic E-state index is -4.37. The van der Waals surface area contributed by atoms with Gasteiger partial charge in [0, 0.05) is 19.4 Å². The van der Waals surface area contributed by atoms with Gasteiger partial charge in [0.1, 0.15) is 12.7 Å². The van der Waals surface area contributed by atoms with E-state index < -0.39 is 26.5 Å². The van der Waals surface area contributed by atoms with E-state index in [0.29, 0.717) is 6.42 Å². The number of aliphatic hydroxyl groups is 1. The molecule has 1 amide bonds. The summed E-state index contributed by atoms with van der Waals surface area (Å²) in [5, 5.41) is 12.2. The first-order chi connectivity index (χ1) is 16.8. The molecule has 3 N–H and O–H groups in total. The van der Waals surface area contributed by atoms with Crippen molar-refractivity contribution in [1.29, 1.82) is 0 Å². The van der Waals surface area contributed by atoms with Crippen LogP contribution in [0.3, 0.4) is 0 Å². The number of esters is 1. The Morgan fingerprint density at radius 2 is 1.57 bits per heavy atom. The summed E-state index contributed by atoms with van der Waals surface area (Å²) >= 11 is 0. The molecule has 0 aliphatic carbocycles. The topological polar surface area (TPSA) is 131 Å². The highest BCUT2D eigenvalue weighted by molar-refractivity contribution is 7.47. The van der Waals surface area contributed by atoms with Gasteiger partial charge in [-0.1, -0.05) is 70.3 Å². The van der Waals surface area contributed by atoms with Crippen molar-refractivity contribution in [3.8, 4) is 0 Å². The molecule has 0 aromatic carbocycles. The normalized spacial score (nSPS) is 14.3. The number of carbonyl (C=O) groups excluding carboxylic acids is 2. The molecular weight excluding hydrogens is 473 g/mol. The number of nitrogens with one attached hydrogen (secondary N) is 1. The molecule has 35 heavy (non-hydrogen) atoms. The highest BCUT2D eigenvalue weighted by Crippen LogP contribution is 2.42. The number of carbonyl (C=O) groups is 2. The third-order valence-electron chi connectivity index (χ3n) is 4.94. The third kappa shape index (κ3) is 24.0. The molecule has 10 heteroatoms. The lowest BCUT2D eigenvalue weighted by atomic mass is 10.1. The number of rotatable bonds is 23. The van der Waals surface area contributed by atoms with E-state index in [4.69, 9.17) is 9.26 Å². The third-order valence-corrected chi connectivity index (χ3v) is 5.92. The van der Waals surface area contributed by atoms with Crippen LogP contribution in [0.1, 0.15) is 90.9 Å². The zero-order chi connectivity index (χ0) is 26.2. The Bertz CT molecular complexity index is 653. The lowest BCUT2D eigenvalue weighted by molar-refractivity contribution is -0.146. The average molecular weight is 520 g/mol. The zero-order valence-electron chi connectivity index (χ0n) is 21.5. The van der Waals surface area contributed by atoms with Gasteiger partial charge in [-0.15, -0.1) is 0 Å². The summed E-state index contributed by atoms with van der Waals surface area (Å²) in [7, 11) is -4.37. The first-order valence-electron chi connectivity index (χ1n) is 12.8. The van der Waals surface area contributed by atoms with Gasteiger partial charge in [0.15, 0.2) is 0 Å². The van der Waals surface area contributed by atoms with Crippen molar-refractivity contribution in [2.75, 3.05) is 26.4 Å². The van der Waals surface area contributed by atoms with E-state index in [1.165, 1.54) is 19.3 Å². The molecule has 2 unspecified atom stereocenters. The SMILES string of the molecule is CCCC/C=C\C/C=C\CCCCCCCC(=O)NCCOP(=O)(O)OCC(O)COC(=O)CC. The van der Waals surface area contributed by atoms with E-state index in [1.807, 2.05) is 0 Å². The Hall–Kier alpha value is -1.51. The van der Waals surface area contributed by atoms with E-state index in [0.717, 1.165) is 44.9 Å². The van der Waals surface area contributed by atoms with Crippen molar-refractivity contribution >= 4 is 19.7 Å². The summed E-state index contributed by atoms with van der Waals surface area (Å²) in [4.78, 5) is 32.4. The van der Waals surface area contributed by atoms with Crippen LogP contribution in [-0.2, 0) is 27.9 Å². The lowest BCUT2D eigenvalue weighted by Crippen LogP contribution is -2.27. The smallest absolute Gasteiger partial charge is 0.463 e. The van der Waals surface area contributed by atoms with Gasteiger partial charge in [-0.25, -0.2) is 4.57 Å². The maximum Gasteiger partial charge on any atom is 0.472 e. The minimum absolute atomic E-state index is 0.0730. The van der Waals surface area contributed by atoms with Crippen molar-refractivity contribution in [2.24, 2.45) is 0 Å². The number of aliphatic hydroxyl groups excluding tert-OH is 1. The molecule has 9 nitrogen and oxygen atoms in total. The molecule has 204 valence electrons. The van der Waals surface area contributed by atoms with E-state index in [9.17, 15) is 24.2 Å². The number of unbranched alkanes of at least 4 members (excludes halogenated alkanes) is 7. The summed E-state index contributed by atoms with van der Waals surface area (Å²) in [6.45, 7) is 2.81. The minimum Gasteiger partial charge on any atom is -0.463 e. The predicted octanol–water partition coefficient (Wildman–Crippen LogP) is 4.97. The van der Waals surface area contributed by atoms with Gasteiger partial charge in [-0.3, -0.25) is 18.6 Å². The molecule has 0 aliphatic heterocycles. The van der Waals surface area contributed by atoms with Crippen LogP contribution >= 0.6 is 7.82 Å². The predicted molar refractivity (Wildman–Crippen MR) is 137 cm³/mol. The summed E-state index contributed by atoms with van der Waals surface area (Å²) in [5.74, 6) is -0.627. The number of phosphoric acid groups is 1. The highest BCUT2D eigenvalue weighted by atomic mass is 31.2. The van der Waals surface area contributed by atoms with Gasteiger partial charge in [0.2, 0.25) is 5.91 Å². The Morgan fingerprint density at radius 1 is 0.914 bits per heavy atom. The standard InChI is InChI=1S/C25H46NO8P/c1-3-5-6-7-8-9-10-11-12-13-14-15-16-17-18-24(28)26-19-20-33-35(30,31)34-22-23(27)21-32-25(29)4-2/h7-8,10-11,23,27H,3-6,9,12-22H2,1-2H3,(H,26,28)(H,30,31)/b8-7-,11-10-. The fraction of sp³-hybridized carbons (Fsp3) is 0.760. The Balaban J connectivity index is 3.61. The second kappa shape index (κ2) is 22.9. The number of phosphoric ester groups is 1. The lowest BCUT2D eigenvalue weighted by Gasteiger charge is -2.15. The van der Waals surface area contributed by atoms with Crippen LogP contribution in [0.5, 0.6) is 0 Å². The molecule has 0 aromatic heterocycles. The van der Waals surface area contributed by atoms with Crippen molar-refractivity contribution in [2.45, 2.75) is 97.0 Å². The van der Waals surface area contributed by atoms with E-state index in [-0.39, 0.29) is 32.1 Å². The van der Waals surface area contributed by atoms with Gasteiger partial charge in [0.05, 0.1) is 13.2 Å². The molecule has 0 fully saturated rings. The number of hydrogen-bond acceptors (Lipinski definition) is 7. The van der Waals surface area contributed by atoms with Crippen molar-refractivity contribution in [1.82, 2.24) is 5.32 Å². The average Bonchev–Trinajstić information content (AvgIpc) is 2.84.